The van der Waals surface area contributed by atoms with Crippen LogP contribution in [0.5, 0.6) is 5.75 Å². The molecule has 2 rings (SSSR count). The van der Waals surface area contributed by atoms with E-state index in [1.54, 1.807) is 5.51 Å². The molecule has 2 N–H and O–H groups in total. The van der Waals surface area contributed by atoms with E-state index in [2.05, 4.69) is 10.3 Å². The molecule has 0 aliphatic carbocycles. The third kappa shape index (κ3) is 2.95. The average molecular weight is 269 g/mol. The molecule has 0 radical (unpaired) electrons. The van der Waals surface area contributed by atoms with Crippen molar-refractivity contribution in [2.24, 2.45) is 0 Å². The van der Waals surface area contributed by atoms with Crippen molar-refractivity contribution in [3.63, 3.8) is 0 Å². The van der Waals surface area contributed by atoms with Crippen molar-refractivity contribution in [3.05, 3.63) is 45.4 Å². The van der Waals surface area contributed by atoms with Gasteiger partial charge in [0.25, 0.3) is 5.91 Å². The van der Waals surface area contributed by atoms with Crippen LogP contribution in [-0.4, -0.2) is 16.0 Å². The lowest BCUT2D eigenvalue weighted by molar-refractivity contribution is 0.0950. The van der Waals surface area contributed by atoms with Gasteiger partial charge in [0, 0.05) is 5.38 Å². The number of nitrogens with one attached hydrogen (secondary N) is 1. The van der Waals surface area contributed by atoms with Crippen LogP contribution >= 0.6 is 22.9 Å². The molecule has 17 heavy (non-hydrogen) atoms. The summed E-state index contributed by atoms with van der Waals surface area (Å²) in [5, 5.41) is 14.1. The van der Waals surface area contributed by atoms with Crippen LogP contribution in [0.2, 0.25) is 5.02 Å². The molecule has 1 amide bonds. The summed E-state index contributed by atoms with van der Waals surface area (Å²) in [6, 6.07) is 4.24. The first-order chi connectivity index (χ1) is 8.16. The fraction of sp³-hybridized carbons (Fsp3) is 0.0909. The van der Waals surface area contributed by atoms with Crippen molar-refractivity contribution in [2.75, 3.05) is 0 Å². The first kappa shape index (κ1) is 11.9. The summed E-state index contributed by atoms with van der Waals surface area (Å²) in [4.78, 5) is 15.8. The molecule has 0 saturated carbocycles. The Hall–Kier alpha value is -1.59. The highest BCUT2D eigenvalue weighted by molar-refractivity contribution is 7.07. The quantitative estimate of drug-likeness (QED) is 0.899. The first-order valence-electron chi connectivity index (χ1n) is 4.80. The molecule has 0 unspecified atom stereocenters. The molecule has 4 nitrogen and oxygen atoms in total. The van der Waals surface area contributed by atoms with Gasteiger partial charge < -0.3 is 10.4 Å². The monoisotopic (exact) mass is 268 g/mol. The molecule has 88 valence electrons. The van der Waals surface area contributed by atoms with Crippen LogP contribution in [0.3, 0.4) is 0 Å². The summed E-state index contributed by atoms with van der Waals surface area (Å²) in [6.45, 7) is 0.342. The number of aromatic nitrogens is 1. The number of aromatic hydroxyl groups is 1. The Morgan fingerprint density at radius 1 is 1.53 bits per heavy atom. The molecule has 1 heterocycles. The van der Waals surface area contributed by atoms with E-state index in [0.29, 0.717) is 11.6 Å². The average Bonchev–Trinajstić information content (AvgIpc) is 2.82. The Kier molecular flexibility index (Phi) is 3.61. The summed E-state index contributed by atoms with van der Waals surface area (Å²) < 4.78 is 0. The minimum Gasteiger partial charge on any atom is -0.508 e. The number of amides is 1. The van der Waals surface area contributed by atoms with Crippen molar-refractivity contribution in [3.8, 4) is 5.75 Å². The molecule has 0 aliphatic rings. The number of thiazole rings is 1. The van der Waals surface area contributed by atoms with E-state index in [1.165, 1.54) is 29.5 Å². The zero-order valence-electron chi connectivity index (χ0n) is 8.68. The van der Waals surface area contributed by atoms with Gasteiger partial charge in [-0.1, -0.05) is 11.6 Å². The van der Waals surface area contributed by atoms with Crippen LogP contribution in [-0.2, 0) is 6.54 Å². The van der Waals surface area contributed by atoms with Crippen molar-refractivity contribution in [1.82, 2.24) is 10.3 Å². The Balaban J connectivity index is 2.07. The fourth-order valence-corrected chi connectivity index (χ4v) is 2.04. The fourth-order valence-electron chi connectivity index (χ4n) is 1.28. The maximum Gasteiger partial charge on any atom is 0.253 e. The van der Waals surface area contributed by atoms with Gasteiger partial charge in [-0.15, -0.1) is 11.3 Å². The van der Waals surface area contributed by atoms with E-state index < -0.39 is 0 Å². The highest BCUT2D eigenvalue weighted by atomic mass is 35.5. The molecule has 0 fully saturated rings. The molecule has 1 aromatic heterocycles. The minimum absolute atomic E-state index is 0.00760. The second kappa shape index (κ2) is 5.16. The van der Waals surface area contributed by atoms with Crippen LogP contribution in [0.25, 0.3) is 0 Å². The molecular weight excluding hydrogens is 260 g/mol. The predicted octanol–water partition coefficient (Wildman–Crippen LogP) is 2.43. The van der Waals surface area contributed by atoms with Crippen molar-refractivity contribution in [2.45, 2.75) is 6.54 Å². The number of phenolic OH excluding ortho intramolecular Hbond substituents is 1. The largest absolute Gasteiger partial charge is 0.508 e. The summed E-state index contributed by atoms with van der Waals surface area (Å²) >= 11 is 7.33. The van der Waals surface area contributed by atoms with Gasteiger partial charge in [-0.05, 0) is 18.2 Å². The van der Waals surface area contributed by atoms with Crippen molar-refractivity contribution >= 4 is 28.8 Å². The highest BCUT2D eigenvalue weighted by Gasteiger charge is 2.11. The Morgan fingerprint density at radius 2 is 2.35 bits per heavy atom. The predicted molar refractivity (Wildman–Crippen MR) is 66.4 cm³/mol. The second-order valence-electron chi connectivity index (χ2n) is 3.33. The zero-order valence-corrected chi connectivity index (χ0v) is 10.3. The summed E-state index contributed by atoms with van der Waals surface area (Å²) in [6.07, 6.45) is 0. The van der Waals surface area contributed by atoms with Gasteiger partial charge >= 0.3 is 0 Å². The van der Waals surface area contributed by atoms with Crippen LogP contribution in [0, 0.1) is 0 Å². The molecule has 6 heteroatoms. The van der Waals surface area contributed by atoms with Gasteiger partial charge in [0.05, 0.1) is 28.3 Å². The Labute approximate surface area is 107 Å². The number of hydrogen-bond donors (Lipinski definition) is 2. The number of nitrogens with zero attached hydrogens (tertiary/aromatic N) is 1. The number of carbonyl (C=O) groups is 1. The van der Waals surface area contributed by atoms with E-state index in [-0.39, 0.29) is 17.2 Å². The lowest BCUT2D eigenvalue weighted by Gasteiger charge is -2.05. The maximum absolute atomic E-state index is 11.8. The molecule has 0 saturated heterocycles. The van der Waals surface area contributed by atoms with E-state index in [9.17, 15) is 9.90 Å². The summed E-state index contributed by atoms with van der Waals surface area (Å²) in [5.41, 5.74) is 2.74. The molecule has 0 spiro atoms. The molecular formula is C11H9ClN2O2S. The van der Waals surface area contributed by atoms with E-state index in [4.69, 9.17) is 11.6 Å². The number of phenols is 1. The Morgan fingerprint density at radius 3 is 3.06 bits per heavy atom. The lowest BCUT2D eigenvalue weighted by atomic mass is 10.2. The van der Waals surface area contributed by atoms with Gasteiger partial charge in [0.2, 0.25) is 0 Å². The van der Waals surface area contributed by atoms with Crippen LogP contribution in [0.1, 0.15) is 16.1 Å². The van der Waals surface area contributed by atoms with Crippen molar-refractivity contribution < 1.29 is 9.90 Å². The zero-order chi connectivity index (χ0) is 12.3. The van der Waals surface area contributed by atoms with Crippen molar-refractivity contribution in [1.29, 1.82) is 0 Å². The van der Waals surface area contributed by atoms with E-state index in [0.717, 1.165) is 5.69 Å². The number of rotatable bonds is 3. The topological polar surface area (TPSA) is 62.2 Å². The van der Waals surface area contributed by atoms with Gasteiger partial charge in [-0.3, -0.25) is 4.79 Å². The van der Waals surface area contributed by atoms with Gasteiger partial charge in [-0.2, -0.15) is 0 Å². The van der Waals surface area contributed by atoms with E-state index in [1.807, 2.05) is 5.38 Å². The van der Waals surface area contributed by atoms with Crippen LogP contribution < -0.4 is 5.32 Å². The van der Waals surface area contributed by atoms with Crippen LogP contribution in [0.4, 0.5) is 0 Å². The molecule has 0 bridgehead atoms. The number of hydrogen-bond acceptors (Lipinski definition) is 4. The molecule has 2 aromatic rings. The smallest absolute Gasteiger partial charge is 0.253 e. The number of halogens is 1. The first-order valence-corrected chi connectivity index (χ1v) is 6.12. The third-order valence-electron chi connectivity index (χ3n) is 2.11. The molecule has 0 atom stereocenters. The summed E-state index contributed by atoms with van der Waals surface area (Å²) in [7, 11) is 0. The normalized spacial score (nSPS) is 10.2. The van der Waals surface area contributed by atoms with E-state index >= 15 is 0 Å². The minimum atomic E-state index is -0.334. The lowest BCUT2D eigenvalue weighted by Crippen LogP contribution is -2.23. The third-order valence-corrected chi connectivity index (χ3v) is 3.07. The Bertz CT molecular complexity index is 528. The number of carbonyl (C=O) groups excluding carboxylic acids is 1. The second-order valence-corrected chi connectivity index (χ2v) is 4.45. The summed E-state index contributed by atoms with van der Waals surface area (Å²) in [5.74, 6) is -0.327. The van der Waals surface area contributed by atoms with Gasteiger partial charge in [0.1, 0.15) is 5.75 Å². The standard InChI is InChI=1S/C11H9ClN2O2S/c12-10-2-1-8(15)3-9(10)11(16)13-4-7-5-17-6-14-7/h1-3,5-6,15H,4H2,(H,13,16). The van der Waals surface area contributed by atoms with Gasteiger partial charge in [-0.25, -0.2) is 4.98 Å². The maximum atomic E-state index is 11.8. The molecule has 1 aromatic carbocycles. The highest BCUT2D eigenvalue weighted by Crippen LogP contribution is 2.21. The van der Waals surface area contributed by atoms with Crippen LogP contribution in [0.15, 0.2) is 29.1 Å². The van der Waals surface area contributed by atoms with Gasteiger partial charge in [0.15, 0.2) is 0 Å². The number of benzene rings is 1. The SMILES string of the molecule is O=C(NCc1cscn1)c1cc(O)ccc1Cl. The molecule has 0 aliphatic heterocycles.